The monoisotopic (exact) mass is 502 g/mol. The number of carboxylic acid groups (broad SMARTS) is 1. The van der Waals surface area contributed by atoms with Crippen LogP contribution >= 0.6 is 0 Å². The normalized spacial score (nSPS) is 23.9. The fourth-order valence-corrected chi connectivity index (χ4v) is 3.09. The van der Waals surface area contributed by atoms with E-state index >= 15 is 0 Å². The number of aliphatic hydroxyl groups is 3. The fourth-order valence-electron chi connectivity index (χ4n) is 3.09. The van der Waals surface area contributed by atoms with Crippen molar-refractivity contribution in [1.82, 2.24) is 5.32 Å². The molecule has 196 valence electrons. The lowest BCUT2D eigenvalue weighted by atomic mass is 9.99. The maximum Gasteiger partial charge on any atom is 0.335 e. The molecular weight excluding hydrogens is 472 g/mol. The van der Waals surface area contributed by atoms with Crippen molar-refractivity contribution in [3.63, 3.8) is 0 Å². The molecule has 1 aromatic rings. The summed E-state index contributed by atoms with van der Waals surface area (Å²) in [5.74, 6) is -2.31. The average molecular weight is 502 g/mol. The van der Waals surface area contributed by atoms with Gasteiger partial charge < -0.3 is 55.2 Å². The number of amides is 1. The van der Waals surface area contributed by atoms with E-state index in [1.54, 1.807) is 0 Å². The van der Waals surface area contributed by atoms with Crippen LogP contribution in [0.3, 0.4) is 0 Å². The van der Waals surface area contributed by atoms with E-state index in [-0.39, 0.29) is 37.5 Å². The van der Waals surface area contributed by atoms with Crippen LogP contribution in [0.4, 0.5) is 0 Å². The molecule has 0 bridgehead atoms. The molecule has 1 fully saturated rings. The minimum Gasteiger partial charge on any atom is -0.479 e. The van der Waals surface area contributed by atoms with Crippen LogP contribution in [0.5, 0.6) is 5.75 Å². The Bertz CT molecular complexity index is 839. The quantitative estimate of drug-likeness (QED) is 0.107. The van der Waals surface area contributed by atoms with E-state index in [4.69, 9.17) is 29.4 Å². The Morgan fingerprint density at radius 2 is 1.77 bits per heavy atom. The van der Waals surface area contributed by atoms with Gasteiger partial charge in [0.15, 0.2) is 6.10 Å². The lowest BCUT2D eigenvalue weighted by molar-refractivity contribution is -0.271. The number of ether oxygens (including phenoxy) is 5. The second kappa shape index (κ2) is 14.5. The van der Waals surface area contributed by atoms with Crippen LogP contribution in [0.1, 0.15) is 15.9 Å². The van der Waals surface area contributed by atoms with Gasteiger partial charge in [-0.15, -0.1) is 0 Å². The maximum atomic E-state index is 12.8. The highest BCUT2D eigenvalue weighted by Crippen LogP contribution is 2.28. The van der Waals surface area contributed by atoms with Crippen molar-refractivity contribution in [3.8, 4) is 5.75 Å². The molecule has 5 atom stereocenters. The first-order valence-electron chi connectivity index (χ1n) is 10.7. The molecule has 0 unspecified atom stereocenters. The second-order valence-corrected chi connectivity index (χ2v) is 7.36. The Morgan fingerprint density at radius 1 is 1.06 bits per heavy atom. The highest BCUT2D eigenvalue weighted by molar-refractivity contribution is 5.97. The number of hydrogen-bond acceptors (Lipinski definition) is 12. The van der Waals surface area contributed by atoms with Gasteiger partial charge >= 0.3 is 5.97 Å². The lowest BCUT2D eigenvalue weighted by Crippen LogP contribution is -2.61. The molecule has 0 spiro atoms. The Balaban J connectivity index is 2.09. The SMILES string of the molecule is NCCOCCOCCNC(=O)c1cc(COC=O)ccc1O[C@@H]1O[C@H](C(=O)O)[C@@H](O)[C@H](O)[C@H]1O. The molecule has 1 aliphatic rings. The predicted octanol–water partition coefficient (Wildman–Crippen LogP) is -2.65. The van der Waals surface area contributed by atoms with E-state index in [0.29, 0.717) is 31.9 Å². The first-order valence-corrected chi connectivity index (χ1v) is 10.7. The van der Waals surface area contributed by atoms with Gasteiger partial charge in [-0.05, 0) is 17.7 Å². The molecule has 2 rings (SSSR count). The van der Waals surface area contributed by atoms with Crippen LogP contribution in [0, 0.1) is 0 Å². The lowest BCUT2D eigenvalue weighted by Gasteiger charge is -2.38. The molecule has 7 N–H and O–H groups in total. The minimum absolute atomic E-state index is 0.0495. The summed E-state index contributed by atoms with van der Waals surface area (Å²) >= 11 is 0. The minimum atomic E-state index is -1.89. The van der Waals surface area contributed by atoms with Gasteiger partial charge in [0.25, 0.3) is 12.4 Å². The number of nitrogens with two attached hydrogens (primary N) is 1. The molecule has 35 heavy (non-hydrogen) atoms. The van der Waals surface area contributed by atoms with Crippen molar-refractivity contribution in [2.24, 2.45) is 5.73 Å². The molecule has 0 saturated carbocycles. The number of benzene rings is 1. The molecule has 0 aromatic heterocycles. The highest BCUT2D eigenvalue weighted by Gasteiger charge is 2.48. The summed E-state index contributed by atoms with van der Waals surface area (Å²) in [4.78, 5) is 34.6. The summed E-state index contributed by atoms with van der Waals surface area (Å²) in [6.07, 6.45) is -9.17. The number of aliphatic hydroxyl groups excluding tert-OH is 3. The largest absolute Gasteiger partial charge is 0.479 e. The van der Waals surface area contributed by atoms with E-state index in [2.05, 4.69) is 5.32 Å². The van der Waals surface area contributed by atoms with Crippen molar-refractivity contribution in [2.75, 3.05) is 39.5 Å². The Morgan fingerprint density at radius 3 is 2.43 bits per heavy atom. The summed E-state index contributed by atoms with van der Waals surface area (Å²) in [6, 6.07) is 4.16. The molecule has 14 heteroatoms. The first-order chi connectivity index (χ1) is 16.8. The van der Waals surface area contributed by atoms with Crippen LogP contribution in [-0.2, 0) is 35.1 Å². The molecule has 1 aromatic carbocycles. The van der Waals surface area contributed by atoms with Crippen molar-refractivity contribution < 1.29 is 58.5 Å². The smallest absolute Gasteiger partial charge is 0.335 e. The Kier molecular flexibility index (Phi) is 11.8. The summed E-state index contributed by atoms with van der Waals surface area (Å²) in [7, 11) is 0. The predicted molar refractivity (Wildman–Crippen MR) is 115 cm³/mol. The second-order valence-electron chi connectivity index (χ2n) is 7.36. The molecule has 1 aliphatic heterocycles. The van der Waals surface area contributed by atoms with E-state index in [0.717, 1.165) is 0 Å². The third-order valence-electron chi connectivity index (χ3n) is 4.83. The van der Waals surface area contributed by atoms with Gasteiger partial charge in [-0.3, -0.25) is 9.59 Å². The van der Waals surface area contributed by atoms with Crippen LogP contribution in [0.25, 0.3) is 0 Å². The molecule has 1 saturated heterocycles. The fraction of sp³-hybridized carbons (Fsp3) is 0.571. The van der Waals surface area contributed by atoms with Gasteiger partial charge in [0.2, 0.25) is 6.29 Å². The van der Waals surface area contributed by atoms with Gasteiger partial charge in [0.1, 0.15) is 30.7 Å². The van der Waals surface area contributed by atoms with Crippen LogP contribution in [0.15, 0.2) is 18.2 Å². The average Bonchev–Trinajstić information content (AvgIpc) is 2.84. The number of hydrogen-bond donors (Lipinski definition) is 6. The van der Waals surface area contributed by atoms with Crippen molar-refractivity contribution in [2.45, 2.75) is 37.3 Å². The zero-order valence-corrected chi connectivity index (χ0v) is 18.8. The third-order valence-corrected chi connectivity index (χ3v) is 4.83. The van der Waals surface area contributed by atoms with E-state index in [1.807, 2.05) is 0 Å². The number of carbonyl (C=O) groups excluding carboxylic acids is 2. The van der Waals surface area contributed by atoms with Gasteiger partial charge in [0.05, 0.1) is 32.0 Å². The standard InChI is InChI=1S/C21H30N2O12/c22-3-5-31-7-8-32-6-4-23-19(28)13-9-12(10-33-11-24)1-2-14(13)34-21-17(27)15(25)16(26)18(35-21)20(29)30/h1-2,9,11,15-18,21,25-27H,3-8,10,22H2,(H,23,28)(H,29,30)/t15-,16-,17+,18-,21+/m0/s1. The Hall–Kier alpha value is -2.85. The summed E-state index contributed by atoms with van der Waals surface area (Å²) in [6.45, 7) is 1.87. The molecule has 0 radical (unpaired) electrons. The number of rotatable bonds is 15. The number of carboxylic acids is 1. The molecule has 0 aliphatic carbocycles. The number of carbonyl (C=O) groups is 3. The highest BCUT2D eigenvalue weighted by atomic mass is 16.7. The van der Waals surface area contributed by atoms with Crippen LogP contribution in [0.2, 0.25) is 0 Å². The maximum absolute atomic E-state index is 12.8. The van der Waals surface area contributed by atoms with E-state index in [9.17, 15) is 34.8 Å². The van der Waals surface area contributed by atoms with Gasteiger partial charge in [-0.1, -0.05) is 6.07 Å². The summed E-state index contributed by atoms with van der Waals surface area (Å²) in [5.41, 5.74) is 5.70. The molecular formula is C21H30N2O12. The summed E-state index contributed by atoms with van der Waals surface area (Å²) in [5, 5.41) is 41.8. The van der Waals surface area contributed by atoms with Crippen LogP contribution < -0.4 is 15.8 Å². The number of aliphatic carboxylic acids is 1. The van der Waals surface area contributed by atoms with Gasteiger partial charge in [0, 0.05) is 13.1 Å². The Labute approximate surface area is 200 Å². The third kappa shape index (κ3) is 8.40. The zero-order valence-electron chi connectivity index (χ0n) is 18.8. The van der Waals surface area contributed by atoms with Crippen molar-refractivity contribution >= 4 is 18.3 Å². The van der Waals surface area contributed by atoms with Crippen LogP contribution in [-0.4, -0.2) is 109 Å². The topological polar surface area (TPSA) is 216 Å². The van der Waals surface area contributed by atoms with E-state index < -0.39 is 42.6 Å². The molecule has 1 heterocycles. The molecule has 1 amide bonds. The molecule has 14 nitrogen and oxygen atoms in total. The van der Waals surface area contributed by atoms with Gasteiger partial charge in [-0.25, -0.2) is 4.79 Å². The zero-order chi connectivity index (χ0) is 25.8. The van der Waals surface area contributed by atoms with E-state index in [1.165, 1.54) is 18.2 Å². The number of nitrogens with one attached hydrogen (secondary N) is 1. The van der Waals surface area contributed by atoms with Gasteiger partial charge in [-0.2, -0.15) is 0 Å². The first kappa shape index (κ1) is 28.4. The van der Waals surface area contributed by atoms with Crippen molar-refractivity contribution in [3.05, 3.63) is 29.3 Å². The van der Waals surface area contributed by atoms with Crippen molar-refractivity contribution in [1.29, 1.82) is 0 Å². The summed E-state index contributed by atoms with van der Waals surface area (Å²) < 4.78 is 25.8.